The number of aromatic nitrogens is 1. The molecular formula is C21H22FN3O3. The van der Waals surface area contributed by atoms with E-state index in [1.165, 1.54) is 24.3 Å². The Morgan fingerprint density at radius 2 is 2.21 bits per heavy atom. The second-order valence-electron chi connectivity index (χ2n) is 7.24. The van der Waals surface area contributed by atoms with Crippen LogP contribution in [0.3, 0.4) is 0 Å². The third-order valence-corrected chi connectivity index (χ3v) is 5.17. The molecule has 3 aromatic rings. The van der Waals surface area contributed by atoms with E-state index in [-0.39, 0.29) is 22.0 Å². The highest BCUT2D eigenvalue weighted by molar-refractivity contribution is 5.94. The van der Waals surface area contributed by atoms with Crippen molar-refractivity contribution >= 4 is 16.8 Å². The van der Waals surface area contributed by atoms with Gasteiger partial charge in [-0.15, -0.1) is 0 Å². The minimum atomic E-state index is -0.551. The first-order chi connectivity index (χ1) is 13.6. The molecule has 1 aliphatic heterocycles. The number of carbonyl (C=O) groups is 1. The number of para-hydroxylation sites is 1. The minimum absolute atomic E-state index is 0.0578. The molecule has 1 aliphatic rings. The number of nitrogens with one attached hydrogen (secondary N) is 2. The van der Waals surface area contributed by atoms with E-state index in [0.717, 1.165) is 38.2 Å². The van der Waals surface area contributed by atoms with Crippen LogP contribution >= 0.6 is 0 Å². The van der Waals surface area contributed by atoms with Crippen LogP contribution in [0.25, 0.3) is 10.9 Å². The van der Waals surface area contributed by atoms with Gasteiger partial charge in [-0.05, 0) is 49.6 Å². The first kappa shape index (κ1) is 18.4. The van der Waals surface area contributed by atoms with Crippen LogP contribution in [0.5, 0.6) is 0 Å². The van der Waals surface area contributed by atoms with E-state index < -0.39 is 11.7 Å². The van der Waals surface area contributed by atoms with Gasteiger partial charge in [0.1, 0.15) is 17.3 Å². The van der Waals surface area contributed by atoms with Crippen molar-refractivity contribution < 1.29 is 13.6 Å². The van der Waals surface area contributed by atoms with Crippen LogP contribution in [-0.2, 0) is 6.54 Å². The summed E-state index contributed by atoms with van der Waals surface area (Å²) in [5.74, 6) is 0.299. The topological polar surface area (TPSA) is 78.3 Å². The van der Waals surface area contributed by atoms with Gasteiger partial charge in [-0.3, -0.25) is 14.5 Å². The van der Waals surface area contributed by atoms with E-state index in [9.17, 15) is 14.0 Å². The van der Waals surface area contributed by atoms with Crippen LogP contribution in [0.4, 0.5) is 4.39 Å². The number of rotatable bonds is 5. The zero-order valence-electron chi connectivity index (χ0n) is 15.4. The second kappa shape index (κ2) is 7.98. The summed E-state index contributed by atoms with van der Waals surface area (Å²) in [7, 11) is 0. The van der Waals surface area contributed by atoms with Crippen molar-refractivity contribution in [3.8, 4) is 0 Å². The molecule has 0 saturated carbocycles. The smallest absolute Gasteiger partial charge is 0.267 e. The predicted molar refractivity (Wildman–Crippen MR) is 104 cm³/mol. The highest BCUT2D eigenvalue weighted by Gasteiger charge is 2.21. The van der Waals surface area contributed by atoms with Crippen molar-refractivity contribution in [3.05, 3.63) is 70.2 Å². The molecule has 2 aromatic heterocycles. The molecule has 1 fully saturated rings. The molecule has 0 aliphatic carbocycles. The zero-order valence-corrected chi connectivity index (χ0v) is 15.4. The number of halogens is 1. The van der Waals surface area contributed by atoms with Crippen molar-refractivity contribution in [2.45, 2.75) is 19.4 Å². The molecule has 2 N–H and O–H groups in total. The molecule has 1 aromatic carbocycles. The number of aromatic amines is 1. The maximum absolute atomic E-state index is 14.0. The van der Waals surface area contributed by atoms with Gasteiger partial charge in [0.05, 0.1) is 18.3 Å². The molecular weight excluding hydrogens is 361 g/mol. The Bertz CT molecular complexity index is 1030. The number of furan rings is 1. The Morgan fingerprint density at radius 1 is 1.32 bits per heavy atom. The lowest BCUT2D eigenvalue weighted by molar-refractivity contribution is 0.0923. The quantitative estimate of drug-likeness (QED) is 0.710. The van der Waals surface area contributed by atoms with E-state index in [2.05, 4.69) is 15.2 Å². The van der Waals surface area contributed by atoms with Gasteiger partial charge in [-0.2, -0.15) is 0 Å². The van der Waals surface area contributed by atoms with Crippen molar-refractivity contribution in [1.29, 1.82) is 0 Å². The summed E-state index contributed by atoms with van der Waals surface area (Å²) in [4.78, 5) is 29.7. The maximum atomic E-state index is 14.0. The van der Waals surface area contributed by atoms with E-state index in [4.69, 9.17) is 4.42 Å². The number of fused-ring (bicyclic) bond motifs is 1. The Labute approximate surface area is 161 Å². The molecule has 0 bridgehead atoms. The molecule has 7 heteroatoms. The highest BCUT2D eigenvalue weighted by atomic mass is 19.1. The fourth-order valence-electron chi connectivity index (χ4n) is 3.78. The zero-order chi connectivity index (χ0) is 19.5. The Morgan fingerprint density at radius 3 is 3.04 bits per heavy atom. The lowest BCUT2D eigenvalue weighted by Crippen LogP contribution is -2.40. The first-order valence-corrected chi connectivity index (χ1v) is 9.44. The number of hydrogen-bond donors (Lipinski definition) is 2. The van der Waals surface area contributed by atoms with Gasteiger partial charge < -0.3 is 14.7 Å². The van der Waals surface area contributed by atoms with Gasteiger partial charge in [-0.1, -0.05) is 6.07 Å². The molecule has 4 rings (SSSR count). The number of likely N-dealkylation sites (tertiary alicyclic amines) is 1. The minimum Gasteiger partial charge on any atom is -0.468 e. The molecule has 146 valence electrons. The lowest BCUT2D eigenvalue weighted by Gasteiger charge is -2.32. The number of hydrogen-bond acceptors (Lipinski definition) is 4. The number of benzene rings is 1. The number of amides is 1. The number of carbonyl (C=O) groups excluding carboxylic acids is 1. The SMILES string of the molecule is O=C(NC[C@@H]1CCCN(Cc2ccco2)C1)c1cc(=O)c2cccc(F)c2[nH]1. The molecule has 28 heavy (non-hydrogen) atoms. The molecule has 0 radical (unpaired) electrons. The van der Waals surface area contributed by atoms with Crippen molar-refractivity contribution in [3.63, 3.8) is 0 Å². The number of piperidine rings is 1. The van der Waals surface area contributed by atoms with Crippen LogP contribution < -0.4 is 10.7 Å². The van der Waals surface area contributed by atoms with Crippen LogP contribution in [0, 0.1) is 11.7 Å². The monoisotopic (exact) mass is 383 g/mol. The molecule has 0 unspecified atom stereocenters. The van der Waals surface area contributed by atoms with Crippen molar-refractivity contribution in [1.82, 2.24) is 15.2 Å². The summed E-state index contributed by atoms with van der Waals surface area (Å²) < 4.78 is 19.4. The summed E-state index contributed by atoms with van der Waals surface area (Å²) in [6.45, 7) is 3.13. The van der Waals surface area contributed by atoms with Gasteiger partial charge in [0.15, 0.2) is 5.43 Å². The average molecular weight is 383 g/mol. The van der Waals surface area contributed by atoms with E-state index in [1.54, 1.807) is 6.26 Å². The number of nitrogens with zero attached hydrogens (tertiary/aromatic N) is 1. The fourth-order valence-corrected chi connectivity index (χ4v) is 3.78. The van der Waals surface area contributed by atoms with Crippen molar-refractivity contribution in [2.24, 2.45) is 5.92 Å². The summed E-state index contributed by atoms with van der Waals surface area (Å²) in [5, 5.41) is 3.11. The van der Waals surface area contributed by atoms with E-state index in [1.807, 2.05) is 12.1 Å². The maximum Gasteiger partial charge on any atom is 0.267 e. The van der Waals surface area contributed by atoms with Crippen molar-refractivity contribution in [2.75, 3.05) is 19.6 Å². The van der Waals surface area contributed by atoms with Gasteiger partial charge in [-0.25, -0.2) is 4.39 Å². The normalized spacial score (nSPS) is 17.7. The highest BCUT2D eigenvalue weighted by Crippen LogP contribution is 2.18. The number of pyridine rings is 1. The summed E-state index contributed by atoms with van der Waals surface area (Å²) in [5.41, 5.74) is -0.242. The van der Waals surface area contributed by atoms with Gasteiger partial charge >= 0.3 is 0 Å². The van der Waals surface area contributed by atoms with Crippen LogP contribution in [0.15, 0.2) is 51.9 Å². The molecule has 1 atom stereocenters. The summed E-state index contributed by atoms with van der Waals surface area (Å²) >= 11 is 0. The fraction of sp³-hybridized carbons (Fsp3) is 0.333. The number of H-pyrrole nitrogens is 1. The third kappa shape index (κ3) is 3.99. The first-order valence-electron chi connectivity index (χ1n) is 9.44. The van der Waals surface area contributed by atoms with Crippen LogP contribution in [-0.4, -0.2) is 35.4 Å². The van der Waals surface area contributed by atoms with E-state index in [0.29, 0.717) is 12.5 Å². The molecule has 3 heterocycles. The summed E-state index contributed by atoms with van der Waals surface area (Å²) in [6.07, 6.45) is 3.75. The van der Waals surface area contributed by atoms with E-state index >= 15 is 0 Å². The van der Waals surface area contributed by atoms with Crippen LogP contribution in [0.2, 0.25) is 0 Å². The second-order valence-corrected chi connectivity index (χ2v) is 7.24. The molecule has 0 spiro atoms. The average Bonchev–Trinajstić information content (AvgIpc) is 3.20. The molecule has 6 nitrogen and oxygen atoms in total. The third-order valence-electron chi connectivity index (χ3n) is 5.17. The molecule has 1 saturated heterocycles. The van der Waals surface area contributed by atoms with Gasteiger partial charge in [0, 0.05) is 24.5 Å². The summed E-state index contributed by atoms with van der Waals surface area (Å²) in [6, 6.07) is 9.33. The predicted octanol–water partition coefficient (Wildman–Crippen LogP) is 2.90. The standard InChI is InChI=1S/C21H22FN3O3/c22-17-7-1-6-16-19(26)10-18(24-20(16)17)21(27)23-11-14-4-2-8-25(12-14)13-15-5-3-9-28-15/h1,3,5-7,9-10,14H,2,4,8,11-13H2,(H,23,27)(H,24,26)/t14-/m0/s1. The Balaban J connectivity index is 1.39. The van der Waals surface area contributed by atoms with Gasteiger partial charge in [0.2, 0.25) is 0 Å². The van der Waals surface area contributed by atoms with Gasteiger partial charge in [0.25, 0.3) is 5.91 Å². The van der Waals surface area contributed by atoms with Crippen LogP contribution in [0.1, 0.15) is 29.1 Å². The molecule has 1 amide bonds. The lowest BCUT2D eigenvalue weighted by atomic mass is 9.98. The Hall–Kier alpha value is -2.93. The largest absolute Gasteiger partial charge is 0.468 e. The Kier molecular flexibility index (Phi) is 5.25.